The van der Waals surface area contributed by atoms with Gasteiger partial charge in [0.25, 0.3) is 0 Å². The molecule has 5 aromatic rings. The number of hydrogen-bond acceptors (Lipinski definition) is 4. The van der Waals surface area contributed by atoms with Gasteiger partial charge in [0.15, 0.2) is 0 Å². The maximum atomic E-state index is 10.9. The number of rotatable bonds is 6. The molecule has 0 aliphatic heterocycles. The molecule has 0 saturated heterocycles. The third-order valence-corrected chi connectivity index (χ3v) is 6.51. The first-order valence-corrected chi connectivity index (χ1v) is 11.6. The Bertz CT molecular complexity index is 1480. The fourth-order valence-electron chi connectivity index (χ4n) is 4.69. The van der Waals surface area contributed by atoms with Gasteiger partial charge in [0, 0.05) is 16.5 Å². The number of aromatic nitrogens is 1. The number of benzene rings is 4. The van der Waals surface area contributed by atoms with Gasteiger partial charge in [0.1, 0.15) is 17.2 Å². The van der Waals surface area contributed by atoms with Gasteiger partial charge >= 0.3 is 0 Å². The van der Waals surface area contributed by atoms with E-state index in [0.717, 1.165) is 55.9 Å². The standard InChI is InChI=1S/C31H27NO3/c1-20-27-19-24(35-3)17-18-25(27)31(32-30(20)22-9-5-4-6-10-22)29(26-11-7-8-12-28(26)33)21-13-15-23(34-2)16-14-21/h4-19,29,33H,1-3H3. The number of phenols is 1. The quantitative estimate of drug-likeness (QED) is 0.293. The lowest BCUT2D eigenvalue weighted by atomic mass is 9.84. The molecule has 1 aromatic heterocycles. The van der Waals surface area contributed by atoms with Crippen LogP contribution in [0.3, 0.4) is 0 Å². The van der Waals surface area contributed by atoms with Gasteiger partial charge in [-0.2, -0.15) is 0 Å². The fraction of sp³-hybridized carbons (Fsp3) is 0.129. The average molecular weight is 462 g/mol. The zero-order chi connectivity index (χ0) is 24.4. The summed E-state index contributed by atoms with van der Waals surface area (Å²) >= 11 is 0. The Morgan fingerprint density at radius 1 is 0.714 bits per heavy atom. The number of nitrogens with zero attached hydrogens (tertiary/aromatic N) is 1. The number of para-hydroxylation sites is 1. The summed E-state index contributed by atoms with van der Waals surface area (Å²) in [5.74, 6) is 1.52. The van der Waals surface area contributed by atoms with Crippen LogP contribution in [0.4, 0.5) is 0 Å². The predicted molar refractivity (Wildman–Crippen MR) is 141 cm³/mol. The number of hydrogen-bond donors (Lipinski definition) is 1. The third-order valence-electron chi connectivity index (χ3n) is 6.51. The van der Waals surface area contributed by atoms with E-state index in [1.807, 2.05) is 66.7 Å². The molecule has 4 aromatic carbocycles. The number of aryl methyl sites for hydroxylation is 1. The summed E-state index contributed by atoms with van der Waals surface area (Å²) in [6.45, 7) is 2.10. The van der Waals surface area contributed by atoms with Gasteiger partial charge in [0.05, 0.1) is 31.5 Å². The highest BCUT2D eigenvalue weighted by Gasteiger charge is 2.25. The number of ether oxygens (including phenoxy) is 2. The highest BCUT2D eigenvalue weighted by molar-refractivity contribution is 5.93. The van der Waals surface area contributed by atoms with Gasteiger partial charge in [-0.25, -0.2) is 0 Å². The van der Waals surface area contributed by atoms with Gasteiger partial charge in [0.2, 0.25) is 0 Å². The van der Waals surface area contributed by atoms with Crippen molar-refractivity contribution in [3.63, 3.8) is 0 Å². The molecule has 4 nitrogen and oxygen atoms in total. The second kappa shape index (κ2) is 9.51. The summed E-state index contributed by atoms with van der Waals surface area (Å²) in [6, 6.07) is 31.7. The van der Waals surface area contributed by atoms with Crippen LogP contribution in [0.25, 0.3) is 22.0 Å². The van der Waals surface area contributed by atoms with Gasteiger partial charge in [-0.3, -0.25) is 4.98 Å². The van der Waals surface area contributed by atoms with Crippen LogP contribution >= 0.6 is 0 Å². The maximum absolute atomic E-state index is 10.9. The summed E-state index contributed by atoms with van der Waals surface area (Å²) in [4.78, 5) is 5.28. The SMILES string of the molecule is COc1ccc(C(c2ccccc2O)c2nc(-c3ccccc3)c(C)c3cc(OC)ccc23)cc1. The van der Waals surface area contributed by atoms with Gasteiger partial charge in [-0.15, -0.1) is 0 Å². The molecule has 1 N–H and O–H groups in total. The zero-order valence-corrected chi connectivity index (χ0v) is 20.0. The molecule has 174 valence electrons. The van der Waals surface area contributed by atoms with Crippen molar-refractivity contribution in [2.75, 3.05) is 14.2 Å². The van der Waals surface area contributed by atoms with E-state index >= 15 is 0 Å². The lowest BCUT2D eigenvalue weighted by Crippen LogP contribution is -2.09. The minimum Gasteiger partial charge on any atom is -0.508 e. The van der Waals surface area contributed by atoms with E-state index < -0.39 is 0 Å². The van der Waals surface area contributed by atoms with Crippen LogP contribution in [-0.4, -0.2) is 24.3 Å². The summed E-state index contributed by atoms with van der Waals surface area (Å²) in [7, 11) is 3.34. The lowest BCUT2D eigenvalue weighted by molar-refractivity contribution is 0.414. The number of methoxy groups -OCH3 is 2. The Hall–Kier alpha value is -4.31. The van der Waals surface area contributed by atoms with E-state index in [0.29, 0.717) is 0 Å². The molecule has 0 aliphatic rings. The zero-order valence-electron chi connectivity index (χ0n) is 20.0. The van der Waals surface area contributed by atoms with Crippen LogP contribution < -0.4 is 9.47 Å². The van der Waals surface area contributed by atoms with Crippen LogP contribution in [0.1, 0.15) is 28.3 Å². The second-order valence-electron chi connectivity index (χ2n) is 8.51. The van der Waals surface area contributed by atoms with E-state index in [2.05, 4.69) is 31.2 Å². The number of aromatic hydroxyl groups is 1. The highest BCUT2D eigenvalue weighted by atomic mass is 16.5. The molecule has 1 atom stereocenters. The first kappa shape index (κ1) is 22.5. The molecule has 0 spiro atoms. The van der Waals surface area contributed by atoms with Gasteiger partial charge < -0.3 is 14.6 Å². The minimum atomic E-state index is -0.291. The molecular weight excluding hydrogens is 434 g/mol. The molecule has 0 aliphatic carbocycles. The van der Waals surface area contributed by atoms with Crippen LogP contribution in [-0.2, 0) is 0 Å². The number of fused-ring (bicyclic) bond motifs is 1. The van der Waals surface area contributed by atoms with E-state index in [-0.39, 0.29) is 11.7 Å². The number of pyridine rings is 1. The monoisotopic (exact) mass is 461 g/mol. The molecule has 0 bridgehead atoms. The minimum absolute atomic E-state index is 0.235. The van der Waals surface area contributed by atoms with Crippen molar-refractivity contribution in [1.82, 2.24) is 4.98 Å². The molecule has 5 rings (SSSR count). The Morgan fingerprint density at radius 3 is 2.06 bits per heavy atom. The second-order valence-corrected chi connectivity index (χ2v) is 8.51. The molecule has 0 saturated carbocycles. The van der Waals surface area contributed by atoms with Crippen molar-refractivity contribution < 1.29 is 14.6 Å². The molecule has 35 heavy (non-hydrogen) atoms. The first-order valence-electron chi connectivity index (χ1n) is 11.6. The van der Waals surface area contributed by atoms with E-state index in [9.17, 15) is 5.11 Å². The predicted octanol–water partition coefficient (Wildman–Crippen LogP) is 7.11. The lowest BCUT2D eigenvalue weighted by Gasteiger charge is -2.23. The normalized spacial score (nSPS) is 11.9. The largest absolute Gasteiger partial charge is 0.508 e. The van der Waals surface area contributed by atoms with Crippen molar-refractivity contribution in [3.8, 4) is 28.5 Å². The van der Waals surface area contributed by atoms with Crippen LogP contribution in [0, 0.1) is 6.92 Å². The van der Waals surface area contributed by atoms with Crippen LogP contribution in [0.15, 0.2) is 97.1 Å². The molecule has 1 unspecified atom stereocenters. The number of phenolic OH excluding ortho intramolecular Hbond substituents is 1. The van der Waals surface area contributed by atoms with E-state index in [1.165, 1.54) is 0 Å². The Balaban J connectivity index is 1.86. The average Bonchev–Trinajstić information content (AvgIpc) is 2.91. The van der Waals surface area contributed by atoms with Crippen LogP contribution in [0.2, 0.25) is 0 Å². The molecule has 4 heteroatoms. The summed E-state index contributed by atoms with van der Waals surface area (Å²) in [5.41, 5.74) is 5.72. The Kier molecular flexibility index (Phi) is 6.11. The van der Waals surface area contributed by atoms with Crippen molar-refractivity contribution in [2.24, 2.45) is 0 Å². The van der Waals surface area contributed by atoms with Crippen molar-refractivity contribution in [1.29, 1.82) is 0 Å². The van der Waals surface area contributed by atoms with E-state index in [4.69, 9.17) is 14.5 Å². The van der Waals surface area contributed by atoms with Gasteiger partial charge in [-0.05, 0) is 59.8 Å². The summed E-state index contributed by atoms with van der Waals surface area (Å²) in [6.07, 6.45) is 0. The molecule has 1 heterocycles. The Labute approximate surface area is 205 Å². The Morgan fingerprint density at radius 2 is 1.37 bits per heavy atom. The molecular formula is C31H27NO3. The van der Waals surface area contributed by atoms with Crippen LogP contribution in [0.5, 0.6) is 17.2 Å². The highest BCUT2D eigenvalue weighted by Crippen LogP contribution is 2.42. The smallest absolute Gasteiger partial charge is 0.119 e. The topological polar surface area (TPSA) is 51.6 Å². The summed E-state index contributed by atoms with van der Waals surface area (Å²) < 4.78 is 11.0. The van der Waals surface area contributed by atoms with E-state index in [1.54, 1.807) is 20.3 Å². The first-order chi connectivity index (χ1) is 17.1. The van der Waals surface area contributed by atoms with Crippen molar-refractivity contribution >= 4 is 10.8 Å². The maximum Gasteiger partial charge on any atom is 0.119 e. The molecule has 0 radical (unpaired) electrons. The van der Waals surface area contributed by atoms with Gasteiger partial charge in [-0.1, -0.05) is 60.7 Å². The van der Waals surface area contributed by atoms with Crippen molar-refractivity contribution in [3.05, 3.63) is 119 Å². The molecule has 0 amide bonds. The van der Waals surface area contributed by atoms with Crippen molar-refractivity contribution in [2.45, 2.75) is 12.8 Å². The molecule has 0 fully saturated rings. The summed E-state index contributed by atoms with van der Waals surface area (Å²) in [5, 5.41) is 13.0. The fourth-order valence-corrected chi connectivity index (χ4v) is 4.69. The third kappa shape index (κ3) is 4.19.